The number of fused-ring (bicyclic) bond motifs is 6. The number of thiophene rings is 1. The van der Waals surface area contributed by atoms with Gasteiger partial charge in [-0.05, 0) is 85.0 Å². The molecule has 0 saturated carbocycles. The molecule has 0 saturated heterocycles. The molecule has 0 radical (unpaired) electrons. The molecule has 2 heterocycles. The summed E-state index contributed by atoms with van der Waals surface area (Å²) >= 11 is 1.86. The van der Waals surface area contributed by atoms with Crippen LogP contribution in [0.2, 0.25) is 0 Å². The third-order valence-electron chi connectivity index (χ3n) is 13.6. The van der Waals surface area contributed by atoms with Crippen molar-refractivity contribution in [3.8, 4) is 78.7 Å². The highest BCUT2D eigenvalue weighted by atomic mass is 32.1. The number of benzene rings is 10. The Hall–Kier alpha value is -8.57. The van der Waals surface area contributed by atoms with Gasteiger partial charge in [0.25, 0.3) is 0 Å². The summed E-state index contributed by atoms with van der Waals surface area (Å²) in [6, 6.07) is 89.3. The maximum Gasteiger partial charge on any atom is 0.164 e. The van der Waals surface area contributed by atoms with Crippen molar-refractivity contribution in [1.82, 2.24) is 15.0 Å². The molecule has 0 atom stereocenters. The number of rotatable bonds is 8. The maximum atomic E-state index is 5.44. The fourth-order valence-electron chi connectivity index (χ4n) is 10.6. The van der Waals surface area contributed by atoms with E-state index in [0.29, 0.717) is 17.5 Å². The second kappa shape index (κ2) is 16.4. The van der Waals surface area contributed by atoms with Gasteiger partial charge in [0, 0.05) is 36.9 Å². The van der Waals surface area contributed by atoms with Crippen molar-refractivity contribution < 1.29 is 0 Å². The minimum absolute atomic E-state index is 0.554. The Morgan fingerprint density at radius 3 is 1.51 bits per heavy atom. The van der Waals surface area contributed by atoms with Crippen molar-refractivity contribution in [3.63, 3.8) is 0 Å². The van der Waals surface area contributed by atoms with Gasteiger partial charge in [-0.2, -0.15) is 0 Å². The van der Waals surface area contributed by atoms with Crippen LogP contribution in [0.5, 0.6) is 0 Å². The Morgan fingerprint density at radius 1 is 0.294 bits per heavy atom. The normalized spacial score (nSPS) is 12.5. The predicted molar refractivity (Wildman–Crippen MR) is 283 cm³/mol. The molecule has 4 heteroatoms. The topological polar surface area (TPSA) is 38.7 Å². The zero-order chi connectivity index (χ0) is 45.0. The van der Waals surface area contributed by atoms with Crippen LogP contribution in [0, 0.1) is 0 Å². The first-order valence-electron chi connectivity index (χ1n) is 23.1. The molecule has 3 nitrogen and oxygen atoms in total. The van der Waals surface area contributed by atoms with Crippen LogP contribution in [-0.2, 0) is 5.41 Å². The Labute approximate surface area is 399 Å². The minimum Gasteiger partial charge on any atom is -0.208 e. The van der Waals surface area contributed by atoms with Crippen molar-refractivity contribution >= 4 is 31.5 Å². The average Bonchev–Trinajstić information content (AvgIpc) is 3.96. The average molecular weight is 884 g/mol. The number of hydrogen-bond acceptors (Lipinski definition) is 4. The Bertz CT molecular complexity index is 3800. The second-order valence-corrected chi connectivity index (χ2v) is 18.5. The SMILES string of the molecule is c1ccc(-c2ccc(-c3nc(-c4cccc(-c5cccc(-c6cccc7c6sc6ccccc67)c5)c4)nc(-c4cccc5c4-c4ccccc4C5(c4ccccc4)c4ccccc4)n3)cc2)cc1. The Kier molecular flexibility index (Phi) is 9.59. The molecule has 0 unspecified atom stereocenters. The molecule has 0 aliphatic heterocycles. The van der Waals surface area contributed by atoms with E-state index in [1.807, 2.05) is 17.4 Å². The van der Waals surface area contributed by atoms with Crippen molar-refractivity contribution in [2.45, 2.75) is 5.41 Å². The summed E-state index contributed by atoms with van der Waals surface area (Å²) in [5.41, 5.74) is 16.4. The smallest absolute Gasteiger partial charge is 0.164 e. The largest absolute Gasteiger partial charge is 0.208 e. The van der Waals surface area contributed by atoms with E-state index >= 15 is 0 Å². The number of hydrogen-bond donors (Lipinski definition) is 0. The fraction of sp³-hybridized carbons (Fsp3) is 0.0156. The third-order valence-corrected chi connectivity index (χ3v) is 14.9. The zero-order valence-corrected chi connectivity index (χ0v) is 37.7. The van der Waals surface area contributed by atoms with Gasteiger partial charge >= 0.3 is 0 Å². The lowest BCUT2D eigenvalue weighted by Gasteiger charge is -2.33. The standard InChI is InChI=1S/C64H41N3S/c1-4-18-42(19-5-1)43-36-38-44(39-37-43)61-65-62(48-23-15-21-46(41-48)45-20-14-22-47(40-45)51-30-16-31-53-52-28-11-13-35-58(52)68-60(51)53)67-63(66-61)55-32-17-34-57-59(55)54-29-10-12-33-56(54)64(57,49-24-6-2-7-25-49)50-26-8-3-9-27-50/h1-41H. The lowest BCUT2D eigenvalue weighted by Crippen LogP contribution is -2.28. The highest BCUT2D eigenvalue weighted by Crippen LogP contribution is 2.58. The maximum absolute atomic E-state index is 5.44. The van der Waals surface area contributed by atoms with E-state index in [1.54, 1.807) is 0 Å². The highest BCUT2D eigenvalue weighted by molar-refractivity contribution is 7.26. The summed E-state index contributed by atoms with van der Waals surface area (Å²) in [6.45, 7) is 0. The van der Waals surface area contributed by atoms with E-state index in [0.717, 1.165) is 44.5 Å². The van der Waals surface area contributed by atoms with Crippen molar-refractivity contribution in [2.24, 2.45) is 0 Å². The van der Waals surface area contributed by atoms with Crippen LogP contribution in [0.4, 0.5) is 0 Å². The van der Waals surface area contributed by atoms with E-state index in [-0.39, 0.29) is 0 Å². The molecule has 0 spiro atoms. The monoisotopic (exact) mass is 883 g/mol. The first-order chi connectivity index (χ1) is 33.7. The molecule has 0 N–H and O–H groups in total. The van der Waals surface area contributed by atoms with E-state index < -0.39 is 5.41 Å². The molecule has 1 aliphatic rings. The Balaban J connectivity index is 0.983. The van der Waals surface area contributed by atoms with Gasteiger partial charge in [0.05, 0.1) is 5.41 Å². The van der Waals surface area contributed by atoms with Gasteiger partial charge in [0.2, 0.25) is 0 Å². The van der Waals surface area contributed by atoms with Gasteiger partial charge in [0.1, 0.15) is 0 Å². The van der Waals surface area contributed by atoms with Gasteiger partial charge in [-0.3, -0.25) is 0 Å². The van der Waals surface area contributed by atoms with E-state index in [4.69, 9.17) is 15.0 Å². The molecule has 12 aromatic rings. The molecular formula is C64H41N3S. The van der Waals surface area contributed by atoms with E-state index in [2.05, 4.69) is 243 Å². The summed E-state index contributed by atoms with van der Waals surface area (Å²) in [5, 5.41) is 2.60. The predicted octanol–water partition coefficient (Wildman–Crippen LogP) is 16.6. The van der Waals surface area contributed by atoms with Crippen LogP contribution in [0.1, 0.15) is 22.3 Å². The molecule has 13 rings (SSSR count). The van der Waals surface area contributed by atoms with Gasteiger partial charge < -0.3 is 0 Å². The lowest BCUT2D eigenvalue weighted by atomic mass is 9.67. The lowest BCUT2D eigenvalue weighted by molar-refractivity contribution is 0.768. The second-order valence-electron chi connectivity index (χ2n) is 17.4. The van der Waals surface area contributed by atoms with Gasteiger partial charge in [-0.25, -0.2) is 15.0 Å². The van der Waals surface area contributed by atoms with Crippen LogP contribution in [0.3, 0.4) is 0 Å². The third kappa shape index (κ3) is 6.52. The first kappa shape index (κ1) is 39.8. The zero-order valence-electron chi connectivity index (χ0n) is 36.9. The molecule has 68 heavy (non-hydrogen) atoms. The molecule has 1 aliphatic carbocycles. The fourth-order valence-corrected chi connectivity index (χ4v) is 11.8. The van der Waals surface area contributed by atoms with Crippen LogP contribution < -0.4 is 0 Å². The quantitative estimate of drug-likeness (QED) is 0.153. The molecule has 0 bridgehead atoms. The summed E-state index contributed by atoms with van der Waals surface area (Å²) in [5.74, 6) is 1.87. The van der Waals surface area contributed by atoms with E-state index in [1.165, 1.54) is 59.1 Å². The first-order valence-corrected chi connectivity index (χ1v) is 23.9. The van der Waals surface area contributed by atoms with Gasteiger partial charge in [0.15, 0.2) is 17.5 Å². The van der Waals surface area contributed by atoms with Crippen LogP contribution in [-0.4, -0.2) is 15.0 Å². The summed E-state index contributed by atoms with van der Waals surface area (Å²) in [4.78, 5) is 16.1. The van der Waals surface area contributed by atoms with Crippen LogP contribution in [0.25, 0.3) is 98.8 Å². The summed E-state index contributed by atoms with van der Waals surface area (Å²) in [7, 11) is 0. The molecule has 10 aromatic carbocycles. The van der Waals surface area contributed by atoms with Crippen molar-refractivity contribution in [2.75, 3.05) is 0 Å². The van der Waals surface area contributed by atoms with Crippen molar-refractivity contribution in [1.29, 1.82) is 0 Å². The van der Waals surface area contributed by atoms with Gasteiger partial charge in [-0.1, -0.05) is 231 Å². The van der Waals surface area contributed by atoms with Crippen LogP contribution in [0.15, 0.2) is 249 Å². The minimum atomic E-state index is -0.554. The molecule has 2 aromatic heterocycles. The molecular weight excluding hydrogens is 843 g/mol. The number of nitrogens with zero attached hydrogens (tertiary/aromatic N) is 3. The molecule has 318 valence electrons. The van der Waals surface area contributed by atoms with Crippen LogP contribution >= 0.6 is 11.3 Å². The molecule has 0 fully saturated rings. The molecule has 0 amide bonds. The summed E-state index contributed by atoms with van der Waals surface area (Å²) in [6.07, 6.45) is 0. The number of aromatic nitrogens is 3. The highest BCUT2D eigenvalue weighted by Gasteiger charge is 2.47. The van der Waals surface area contributed by atoms with Crippen molar-refractivity contribution in [3.05, 3.63) is 271 Å². The van der Waals surface area contributed by atoms with Gasteiger partial charge in [-0.15, -0.1) is 11.3 Å². The summed E-state index contributed by atoms with van der Waals surface area (Å²) < 4.78 is 2.61. The Morgan fingerprint density at radius 2 is 0.765 bits per heavy atom. The van der Waals surface area contributed by atoms with E-state index in [9.17, 15) is 0 Å².